The van der Waals surface area contributed by atoms with Gasteiger partial charge in [-0.3, -0.25) is 0 Å². The molecular formula is C22H29BrINO. The van der Waals surface area contributed by atoms with E-state index in [1.807, 2.05) is 0 Å². The summed E-state index contributed by atoms with van der Waals surface area (Å²) in [6.45, 7) is 12.1. The van der Waals surface area contributed by atoms with Crippen LogP contribution in [0.2, 0.25) is 0 Å². The summed E-state index contributed by atoms with van der Waals surface area (Å²) >= 11 is 3.46. The molecule has 2 nitrogen and oxygen atoms in total. The zero-order chi connectivity index (χ0) is 18.1. The van der Waals surface area contributed by atoms with Gasteiger partial charge in [-0.05, 0) is 56.2 Å². The third-order valence-corrected chi connectivity index (χ3v) is 5.59. The summed E-state index contributed by atoms with van der Waals surface area (Å²) in [4.78, 5) is 0. The third-order valence-electron chi connectivity index (χ3n) is 5.07. The summed E-state index contributed by atoms with van der Waals surface area (Å²) < 4.78 is 8.17. The Hall–Kier alpha value is -0.850. The Morgan fingerprint density at radius 2 is 1.27 bits per heavy atom. The summed E-state index contributed by atoms with van der Waals surface area (Å²) in [5.41, 5.74) is 2.37. The molecule has 0 aliphatic heterocycles. The Kier molecular flexibility index (Phi) is 10.5. The van der Waals surface area contributed by atoms with Crippen molar-refractivity contribution in [1.29, 1.82) is 0 Å². The normalized spacial score (nSPS) is 11.4. The van der Waals surface area contributed by atoms with E-state index in [-0.39, 0.29) is 24.0 Å². The molecule has 0 spiro atoms. The summed E-state index contributed by atoms with van der Waals surface area (Å²) in [5.74, 6) is 0.946. The maximum absolute atomic E-state index is 5.95. The zero-order valence-corrected chi connectivity index (χ0v) is 19.7. The Balaban J connectivity index is 0.00000338. The molecule has 0 heterocycles. The van der Waals surface area contributed by atoms with Crippen LogP contribution in [0.4, 0.5) is 0 Å². The molecule has 4 heteroatoms. The molecule has 0 atom stereocenters. The Morgan fingerprint density at radius 3 is 1.73 bits per heavy atom. The first-order valence-electron chi connectivity index (χ1n) is 9.12. The van der Waals surface area contributed by atoms with Gasteiger partial charge in [0.15, 0.2) is 0 Å². The molecule has 0 N–H and O–H groups in total. The van der Waals surface area contributed by atoms with Gasteiger partial charge in [0.1, 0.15) is 18.9 Å². The van der Waals surface area contributed by atoms with E-state index in [2.05, 4.69) is 97.4 Å². The second-order valence-electron chi connectivity index (χ2n) is 6.32. The van der Waals surface area contributed by atoms with E-state index in [4.69, 9.17) is 4.74 Å². The highest BCUT2D eigenvalue weighted by molar-refractivity contribution is 9.10. The van der Waals surface area contributed by atoms with Crippen LogP contribution in [0.5, 0.6) is 5.75 Å². The lowest BCUT2D eigenvalue weighted by atomic mass is 10.1. The zero-order valence-electron chi connectivity index (χ0n) is 15.9. The molecule has 0 saturated heterocycles. The molecule has 2 aromatic carbocycles. The minimum atomic E-state index is 0. The van der Waals surface area contributed by atoms with E-state index >= 15 is 0 Å². The quantitative estimate of drug-likeness (QED) is 0.276. The lowest BCUT2D eigenvalue weighted by Crippen LogP contribution is -3.00. The minimum absolute atomic E-state index is 0. The molecule has 0 aromatic heterocycles. The molecule has 0 fully saturated rings. The van der Waals surface area contributed by atoms with Crippen LogP contribution in [0, 0.1) is 0 Å². The van der Waals surface area contributed by atoms with Crippen LogP contribution < -0.4 is 28.7 Å². The van der Waals surface area contributed by atoms with E-state index in [0.29, 0.717) is 0 Å². The molecule has 26 heavy (non-hydrogen) atoms. The Bertz CT molecular complexity index is 655. The first-order chi connectivity index (χ1) is 12.1. The maximum Gasteiger partial charge on any atom is 0.137 e. The number of likely N-dealkylation sites (N-methyl/N-ethyl adjacent to an activating group) is 1. The van der Waals surface area contributed by atoms with E-state index in [0.717, 1.165) is 47.5 Å². The number of rotatable bonds is 9. The number of nitrogens with zero attached hydrogens (tertiary/aromatic N) is 1. The lowest BCUT2D eigenvalue weighted by Gasteiger charge is -2.35. The van der Waals surface area contributed by atoms with Crippen molar-refractivity contribution in [2.45, 2.75) is 20.8 Å². The summed E-state index contributed by atoms with van der Waals surface area (Å²) in [7, 11) is 0. The molecule has 0 unspecified atom stereocenters. The summed E-state index contributed by atoms with van der Waals surface area (Å²) in [6, 6.07) is 16.6. The van der Waals surface area contributed by atoms with Gasteiger partial charge in [0.05, 0.1) is 19.6 Å². The van der Waals surface area contributed by atoms with Crippen LogP contribution in [-0.4, -0.2) is 37.3 Å². The largest absolute Gasteiger partial charge is 1.00 e. The SMILES string of the molecule is CC[N+](CC)(CC)CCOc1ccc(/C=C/c2ccc(Br)cc2)cc1.[I-]. The molecule has 0 aliphatic carbocycles. The Morgan fingerprint density at radius 1 is 0.808 bits per heavy atom. The van der Waals surface area contributed by atoms with Crippen molar-refractivity contribution >= 4 is 28.1 Å². The van der Waals surface area contributed by atoms with Gasteiger partial charge in [-0.2, -0.15) is 0 Å². The monoisotopic (exact) mass is 529 g/mol. The first kappa shape index (κ1) is 23.2. The molecular weight excluding hydrogens is 501 g/mol. The van der Waals surface area contributed by atoms with Gasteiger partial charge in [-0.1, -0.05) is 52.3 Å². The number of quaternary nitrogens is 1. The van der Waals surface area contributed by atoms with Crippen LogP contribution >= 0.6 is 15.9 Å². The summed E-state index contributed by atoms with van der Waals surface area (Å²) in [5, 5.41) is 0. The topological polar surface area (TPSA) is 9.23 Å². The predicted molar refractivity (Wildman–Crippen MR) is 112 cm³/mol. The molecule has 2 rings (SSSR count). The second kappa shape index (κ2) is 11.8. The summed E-state index contributed by atoms with van der Waals surface area (Å²) in [6.07, 6.45) is 4.25. The standard InChI is InChI=1S/C22H29BrNO.HI/c1-4-24(5-2,6-3)17-18-25-22-15-11-20(12-16-22)8-7-19-9-13-21(23)14-10-19;/h7-16H,4-6,17-18H2,1-3H3;1H/q+1;/p-1/b8-7+;. The highest BCUT2D eigenvalue weighted by Gasteiger charge is 2.20. The predicted octanol–water partition coefficient (Wildman–Crippen LogP) is 2.88. The fourth-order valence-electron chi connectivity index (χ4n) is 2.94. The molecule has 0 aliphatic rings. The number of benzene rings is 2. The average Bonchev–Trinajstić information content (AvgIpc) is 2.66. The van der Waals surface area contributed by atoms with Gasteiger partial charge in [0, 0.05) is 4.47 Å². The molecule has 0 bridgehead atoms. The van der Waals surface area contributed by atoms with Crippen molar-refractivity contribution in [2.24, 2.45) is 0 Å². The van der Waals surface area contributed by atoms with E-state index < -0.39 is 0 Å². The van der Waals surface area contributed by atoms with Crippen LogP contribution in [0.3, 0.4) is 0 Å². The minimum Gasteiger partial charge on any atom is -1.00 e. The second-order valence-corrected chi connectivity index (χ2v) is 7.23. The van der Waals surface area contributed by atoms with Gasteiger partial charge < -0.3 is 33.2 Å². The molecule has 2 aromatic rings. The van der Waals surface area contributed by atoms with Gasteiger partial charge in [0.2, 0.25) is 0 Å². The van der Waals surface area contributed by atoms with Gasteiger partial charge >= 0.3 is 0 Å². The van der Waals surface area contributed by atoms with Crippen molar-refractivity contribution in [3.63, 3.8) is 0 Å². The highest BCUT2D eigenvalue weighted by atomic mass is 127. The number of halogens is 2. The fourth-order valence-corrected chi connectivity index (χ4v) is 3.21. The fraction of sp³-hybridized carbons (Fsp3) is 0.364. The highest BCUT2D eigenvalue weighted by Crippen LogP contribution is 2.16. The first-order valence-corrected chi connectivity index (χ1v) is 9.91. The van der Waals surface area contributed by atoms with E-state index in [1.165, 1.54) is 11.1 Å². The van der Waals surface area contributed by atoms with Crippen molar-refractivity contribution in [2.75, 3.05) is 32.8 Å². The van der Waals surface area contributed by atoms with Crippen molar-refractivity contribution < 1.29 is 33.2 Å². The maximum atomic E-state index is 5.95. The molecule has 0 amide bonds. The van der Waals surface area contributed by atoms with Crippen LogP contribution in [-0.2, 0) is 0 Å². The van der Waals surface area contributed by atoms with Crippen LogP contribution in [0.1, 0.15) is 31.9 Å². The third kappa shape index (κ3) is 7.05. The molecule has 142 valence electrons. The average molecular weight is 530 g/mol. The van der Waals surface area contributed by atoms with E-state index in [9.17, 15) is 0 Å². The van der Waals surface area contributed by atoms with Gasteiger partial charge in [-0.25, -0.2) is 0 Å². The van der Waals surface area contributed by atoms with E-state index in [1.54, 1.807) is 0 Å². The van der Waals surface area contributed by atoms with Crippen LogP contribution in [0.25, 0.3) is 12.2 Å². The number of ether oxygens (including phenoxy) is 1. The van der Waals surface area contributed by atoms with Gasteiger partial charge in [0.25, 0.3) is 0 Å². The Labute approximate surface area is 184 Å². The molecule has 0 saturated carbocycles. The van der Waals surface area contributed by atoms with Crippen molar-refractivity contribution in [1.82, 2.24) is 0 Å². The van der Waals surface area contributed by atoms with Gasteiger partial charge in [-0.15, -0.1) is 0 Å². The van der Waals surface area contributed by atoms with Crippen molar-refractivity contribution in [3.8, 4) is 5.75 Å². The molecule has 0 radical (unpaired) electrons. The van der Waals surface area contributed by atoms with Crippen molar-refractivity contribution in [3.05, 3.63) is 64.1 Å². The lowest BCUT2D eigenvalue weighted by molar-refractivity contribution is -0.923. The number of hydrogen-bond acceptors (Lipinski definition) is 1. The number of hydrogen-bond donors (Lipinski definition) is 0. The van der Waals surface area contributed by atoms with Crippen LogP contribution in [0.15, 0.2) is 53.0 Å². The smallest absolute Gasteiger partial charge is 0.137 e.